The second kappa shape index (κ2) is 4.74. The quantitative estimate of drug-likeness (QED) is 0.757. The number of halogens is 3. The van der Waals surface area contributed by atoms with Crippen LogP contribution < -0.4 is 0 Å². The van der Waals surface area contributed by atoms with E-state index in [9.17, 15) is 13.2 Å². The van der Waals surface area contributed by atoms with Crippen LogP contribution in [0.4, 0.5) is 13.2 Å². The van der Waals surface area contributed by atoms with Gasteiger partial charge < -0.3 is 9.47 Å². The van der Waals surface area contributed by atoms with E-state index < -0.39 is 18.1 Å². The van der Waals surface area contributed by atoms with E-state index in [0.29, 0.717) is 0 Å². The fourth-order valence-corrected chi connectivity index (χ4v) is 2.00. The van der Waals surface area contributed by atoms with Crippen LogP contribution in [-0.2, 0) is 15.1 Å². The van der Waals surface area contributed by atoms with E-state index in [4.69, 9.17) is 9.47 Å². The molecule has 0 N–H and O–H groups in total. The van der Waals surface area contributed by atoms with Gasteiger partial charge in [-0.2, -0.15) is 13.2 Å². The molecule has 0 saturated heterocycles. The molecule has 0 saturated carbocycles. The van der Waals surface area contributed by atoms with E-state index in [1.54, 1.807) is 18.2 Å². The van der Waals surface area contributed by atoms with Crippen molar-refractivity contribution in [3.05, 3.63) is 48.0 Å². The first kappa shape index (κ1) is 13.1. The maximum absolute atomic E-state index is 13.4. The summed E-state index contributed by atoms with van der Waals surface area (Å²) in [4.78, 5) is 0. The lowest BCUT2D eigenvalue weighted by atomic mass is 9.88. The topological polar surface area (TPSA) is 18.5 Å². The Morgan fingerprint density at radius 3 is 2.50 bits per heavy atom. The van der Waals surface area contributed by atoms with Gasteiger partial charge in [-0.3, -0.25) is 0 Å². The highest BCUT2D eigenvalue weighted by Gasteiger charge is 2.58. The van der Waals surface area contributed by atoms with Crippen molar-refractivity contribution in [2.75, 3.05) is 7.11 Å². The third-order valence-electron chi connectivity index (χ3n) is 2.95. The van der Waals surface area contributed by atoms with Crippen molar-refractivity contribution in [2.24, 2.45) is 0 Å². The van der Waals surface area contributed by atoms with Crippen molar-refractivity contribution in [1.29, 1.82) is 0 Å². The van der Waals surface area contributed by atoms with Gasteiger partial charge in [0.05, 0.1) is 0 Å². The molecule has 5 heteroatoms. The summed E-state index contributed by atoms with van der Waals surface area (Å²) in [7, 11) is 1.31. The summed E-state index contributed by atoms with van der Waals surface area (Å²) in [6.07, 6.45) is -2.82. The average molecular weight is 258 g/mol. The zero-order valence-corrected chi connectivity index (χ0v) is 9.78. The first-order valence-corrected chi connectivity index (χ1v) is 5.49. The molecule has 2 nitrogen and oxygen atoms in total. The van der Waals surface area contributed by atoms with Crippen molar-refractivity contribution in [1.82, 2.24) is 0 Å². The Balaban J connectivity index is 2.46. The van der Waals surface area contributed by atoms with Gasteiger partial charge in [-0.1, -0.05) is 36.4 Å². The highest BCUT2D eigenvalue weighted by atomic mass is 19.4. The SMILES string of the molecule is COC1C=CCC(c2ccccc2)(C(F)(F)F)O1. The van der Waals surface area contributed by atoms with Crippen LogP contribution in [0.2, 0.25) is 0 Å². The number of hydrogen-bond donors (Lipinski definition) is 0. The lowest BCUT2D eigenvalue weighted by Crippen LogP contribution is -2.48. The van der Waals surface area contributed by atoms with Gasteiger partial charge in [-0.05, 0) is 11.6 Å². The summed E-state index contributed by atoms with van der Waals surface area (Å²) in [6, 6.07) is 7.62. The molecule has 0 radical (unpaired) electrons. The predicted molar refractivity (Wildman–Crippen MR) is 59.8 cm³/mol. The molecule has 0 spiro atoms. The summed E-state index contributed by atoms with van der Waals surface area (Å²) in [5, 5.41) is 0. The van der Waals surface area contributed by atoms with E-state index in [2.05, 4.69) is 0 Å². The summed E-state index contributed by atoms with van der Waals surface area (Å²) in [6.45, 7) is 0. The van der Waals surface area contributed by atoms with Gasteiger partial charge in [0.2, 0.25) is 0 Å². The Labute approximate surface area is 103 Å². The van der Waals surface area contributed by atoms with Crippen LogP contribution in [0.5, 0.6) is 0 Å². The number of benzene rings is 1. The van der Waals surface area contributed by atoms with Crippen molar-refractivity contribution >= 4 is 0 Å². The van der Waals surface area contributed by atoms with Crippen LogP contribution in [0, 0.1) is 0 Å². The first-order valence-electron chi connectivity index (χ1n) is 5.49. The molecule has 0 bridgehead atoms. The van der Waals surface area contributed by atoms with Crippen LogP contribution in [0.3, 0.4) is 0 Å². The monoisotopic (exact) mass is 258 g/mol. The number of ether oxygens (including phenoxy) is 2. The molecule has 2 rings (SSSR count). The predicted octanol–water partition coefficient (Wildman–Crippen LogP) is 3.39. The van der Waals surface area contributed by atoms with Crippen molar-refractivity contribution in [2.45, 2.75) is 24.5 Å². The van der Waals surface area contributed by atoms with E-state index in [1.165, 1.54) is 31.4 Å². The summed E-state index contributed by atoms with van der Waals surface area (Å²) >= 11 is 0. The maximum atomic E-state index is 13.4. The van der Waals surface area contributed by atoms with Crippen LogP contribution in [0.1, 0.15) is 12.0 Å². The third-order valence-corrected chi connectivity index (χ3v) is 2.95. The van der Waals surface area contributed by atoms with E-state index >= 15 is 0 Å². The molecule has 98 valence electrons. The Kier molecular flexibility index (Phi) is 3.45. The molecule has 1 aliphatic rings. The molecule has 0 aromatic heterocycles. The molecule has 2 unspecified atom stereocenters. The highest BCUT2D eigenvalue weighted by molar-refractivity contribution is 5.27. The second-order valence-corrected chi connectivity index (χ2v) is 4.05. The zero-order chi connectivity index (χ0) is 13.2. The van der Waals surface area contributed by atoms with Crippen molar-refractivity contribution in [3.63, 3.8) is 0 Å². The minimum atomic E-state index is -4.50. The summed E-state index contributed by atoms with van der Waals surface area (Å²) in [5.74, 6) is 0. The van der Waals surface area contributed by atoms with Gasteiger partial charge in [-0.25, -0.2) is 0 Å². The average Bonchev–Trinajstić information content (AvgIpc) is 2.38. The summed E-state index contributed by atoms with van der Waals surface area (Å²) in [5.41, 5.74) is -2.24. The van der Waals surface area contributed by atoms with Gasteiger partial charge in [0.1, 0.15) is 0 Å². The van der Waals surface area contributed by atoms with Gasteiger partial charge in [-0.15, -0.1) is 0 Å². The molecule has 1 aromatic carbocycles. The Bertz CT molecular complexity index is 428. The minimum absolute atomic E-state index is 0.0869. The Morgan fingerprint density at radius 2 is 1.94 bits per heavy atom. The molecule has 1 aliphatic heterocycles. The molecular weight excluding hydrogens is 245 g/mol. The second-order valence-electron chi connectivity index (χ2n) is 4.05. The van der Waals surface area contributed by atoms with Gasteiger partial charge in [0.25, 0.3) is 0 Å². The Hall–Kier alpha value is -1.33. The molecule has 18 heavy (non-hydrogen) atoms. The van der Waals surface area contributed by atoms with Crippen LogP contribution in [-0.4, -0.2) is 19.6 Å². The smallest absolute Gasteiger partial charge is 0.352 e. The fourth-order valence-electron chi connectivity index (χ4n) is 2.00. The molecular formula is C13H13F3O2. The number of rotatable bonds is 2. The van der Waals surface area contributed by atoms with Gasteiger partial charge in [0, 0.05) is 13.5 Å². The van der Waals surface area contributed by atoms with Crippen molar-refractivity contribution < 1.29 is 22.6 Å². The van der Waals surface area contributed by atoms with E-state index in [-0.39, 0.29) is 12.0 Å². The van der Waals surface area contributed by atoms with E-state index in [0.717, 1.165) is 0 Å². The highest BCUT2D eigenvalue weighted by Crippen LogP contribution is 2.47. The molecule has 1 aromatic rings. The third kappa shape index (κ3) is 2.15. The zero-order valence-electron chi connectivity index (χ0n) is 9.78. The van der Waals surface area contributed by atoms with Gasteiger partial charge in [0.15, 0.2) is 11.9 Å². The van der Waals surface area contributed by atoms with Gasteiger partial charge >= 0.3 is 6.18 Å². The molecule has 2 atom stereocenters. The normalized spacial score (nSPS) is 28.3. The van der Waals surface area contributed by atoms with Crippen LogP contribution in [0.15, 0.2) is 42.5 Å². The lowest BCUT2D eigenvalue weighted by molar-refractivity contribution is -0.322. The van der Waals surface area contributed by atoms with Crippen LogP contribution >= 0.6 is 0 Å². The molecule has 1 heterocycles. The molecule has 0 amide bonds. The number of methoxy groups -OCH3 is 1. The summed E-state index contributed by atoms with van der Waals surface area (Å²) < 4.78 is 50.1. The van der Waals surface area contributed by atoms with E-state index in [1.807, 2.05) is 0 Å². The van der Waals surface area contributed by atoms with Crippen LogP contribution in [0.25, 0.3) is 0 Å². The number of alkyl halides is 3. The molecule has 0 fully saturated rings. The standard InChI is InChI=1S/C13H13F3O2/c1-17-11-8-5-9-12(18-11,13(14,15)16)10-6-3-2-4-7-10/h2-8,11H,9H2,1H3. The minimum Gasteiger partial charge on any atom is -0.352 e. The Morgan fingerprint density at radius 1 is 1.28 bits per heavy atom. The lowest BCUT2D eigenvalue weighted by Gasteiger charge is -2.39. The maximum Gasteiger partial charge on any atom is 0.422 e. The largest absolute Gasteiger partial charge is 0.422 e. The molecule has 0 aliphatic carbocycles. The van der Waals surface area contributed by atoms with Crippen molar-refractivity contribution in [3.8, 4) is 0 Å². The first-order chi connectivity index (χ1) is 8.49. The number of hydrogen-bond acceptors (Lipinski definition) is 2. The fraction of sp³-hybridized carbons (Fsp3) is 0.385.